The molecule has 0 fully saturated rings. The van der Waals surface area contributed by atoms with Crippen molar-refractivity contribution in [3.05, 3.63) is 17.5 Å². The molecule has 0 aromatic carbocycles. The smallest absolute Gasteiger partial charge is 0.230 e. The molecule has 0 spiro atoms. The van der Waals surface area contributed by atoms with Crippen LogP contribution in [0.1, 0.15) is 25.2 Å². The van der Waals surface area contributed by atoms with E-state index in [1.807, 2.05) is 33.8 Å². The number of thioether (sulfide) groups is 1. The number of nitrogens with one attached hydrogen (secondary N) is 1. The van der Waals surface area contributed by atoms with E-state index < -0.39 is 0 Å². The molecule has 0 saturated heterocycles. The van der Waals surface area contributed by atoms with Crippen molar-refractivity contribution in [2.45, 2.75) is 38.9 Å². The Morgan fingerprint density at radius 1 is 1.38 bits per heavy atom. The summed E-state index contributed by atoms with van der Waals surface area (Å²) in [6.45, 7) is 7.73. The van der Waals surface area contributed by atoms with Crippen molar-refractivity contribution in [2.75, 3.05) is 5.75 Å². The molecule has 1 aromatic heterocycles. The van der Waals surface area contributed by atoms with Crippen LogP contribution in [0.3, 0.4) is 0 Å². The van der Waals surface area contributed by atoms with Crippen molar-refractivity contribution >= 4 is 17.7 Å². The Balaban J connectivity index is 2.51. The average Bonchev–Trinajstić information content (AvgIpc) is 2.12. The Kier molecular flexibility index (Phi) is 4.73. The van der Waals surface area contributed by atoms with Crippen LogP contribution in [0.15, 0.2) is 11.2 Å². The van der Waals surface area contributed by atoms with Crippen LogP contribution in [0.25, 0.3) is 0 Å². The lowest BCUT2D eigenvalue weighted by atomic mass is 10.4. The van der Waals surface area contributed by atoms with Crippen molar-refractivity contribution in [3.63, 3.8) is 0 Å². The molecule has 0 saturated carbocycles. The lowest BCUT2D eigenvalue weighted by Gasteiger charge is -2.07. The minimum absolute atomic E-state index is 0.0164. The number of hydrogen-bond donors (Lipinski definition) is 1. The normalized spacial score (nSPS) is 10.6. The lowest BCUT2D eigenvalue weighted by Crippen LogP contribution is -2.31. The fourth-order valence-corrected chi connectivity index (χ4v) is 2.01. The fraction of sp³-hybridized carbons (Fsp3) is 0.545. The first kappa shape index (κ1) is 13.0. The maximum atomic E-state index is 11.4. The highest BCUT2D eigenvalue weighted by Gasteiger charge is 2.06. The number of hydrogen-bond acceptors (Lipinski definition) is 4. The van der Waals surface area contributed by atoms with Crippen molar-refractivity contribution < 1.29 is 4.79 Å². The van der Waals surface area contributed by atoms with Gasteiger partial charge in [0.15, 0.2) is 5.16 Å². The van der Waals surface area contributed by atoms with Gasteiger partial charge in [0.1, 0.15) is 0 Å². The zero-order chi connectivity index (χ0) is 12.1. The van der Waals surface area contributed by atoms with Gasteiger partial charge in [-0.2, -0.15) is 0 Å². The molecule has 88 valence electrons. The van der Waals surface area contributed by atoms with Gasteiger partial charge in [0.2, 0.25) is 5.91 Å². The third kappa shape index (κ3) is 4.61. The fourth-order valence-electron chi connectivity index (χ4n) is 1.25. The zero-order valence-electron chi connectivity index (χ0n) is 10.1. The molecule has 1 heterocycles. The molecule has 0 bridgehead atoms. The second kappa shape index (κ2) is 5.84. The highest BCUT2D eigenvalue weighted by Crippen LogP contribution is 2.13. The molecule has 16 heavy (non-hydrogen) atoms. The second-order valence-corrected chi connectivity index (χ2v) is 4.89. The number of aryl methyl sites for hydroxylation is 2. The van der Waals surface area contributed by atoms with Crippen LogP contribution in [-0.4, -0.2) is 27.7 Å². The van der Waals surface area contributed by atoms with Crippen LogP contribution in [0.5, 0.6) is 0 Å². The van der Waals surface area contributed by atoms with Gasteiger partial charge in [0, 0.05) is 17.4 Å². The Hall–Kier alpha value is -1.10. The van der Waals surface area contributed by atoms with Gasteiger partial charge in [0.05, 0.1) is 5.75 Å². The maximum Gasteiger partial charge on any atom is 0.230 e. The minimum Gasteiger partial charge on any atom is -0.353 e. The third-order valence-corrected chi connectivity index (χ3v) is 2.59. The highest BCUT2D eigenvalue weighted by molar-refractivity contribution is 7.99. The number of nitrogens with zero attached hydrogens (tertiary/aromatic N) is 2. The van der Waals surface area contributed by atoms with Gasteiger partial charge in [-0.1, -0.05) is 11.8 Å². The molecular weight excluding hydrogens is 222 g/mol. The van der Waals surface area contributed by atoms with E-state index in [-0.39, 0.29) is 11.9 Å². The summed E-state index contributed by atoms with van der Waals surface area (Å²) in [7, 11) is 0. The first-order chi connectivity index (χ1) is 7.47. The summed E-state index contributed by atoms with van der Waals surface area (Å²) in [4.78, 5) is 19.9. The van der Waals surface area contributed by atoms with Gasteiger partial charge in [-0.05, 0) is 33.8 Å². The van der Waals surface area contributed by atoms with Crippen LogP contribution < -0.4 is 5.32 Å². The van der Waals surface area contributed by atoms with Crippen molar-refractivity contribution in [3.8, 4) is 0 Å². The van der Waals surface area contributed by atoms with Gasteiger partial charge in [-0.15, -0.1) is 0 Å². The van der Waals surface area contributed by atoms with E-state index in [0.29, 0.717) is 10.9 Å². The Morgan fingerprint density at radius 3 is 2.44 bits per heavy atom. The largest absolute Gasteiger partial charge is 0.353 e. The third-order valence-electron chi connectivity index (χ3n) is 1.74. The molecule has 0 aliphatic heterocycles. The van der Waals surface area contributed by atoms with Crippen LogP contribution in [0.2, 0.25) is 0 Å². The van der Waals surface area contributed by atoms with Crippen LogP contribution in [-0.2, 0) is 4.79 Å². The van der Waals surface area contributed by atoms with Crippen LogP contribution in [0, 0.1) is 13.8 Å². The monoisotopic (exact) mass is 239 g/mol. The molecule has 1 amide bonds. The number of carbonyl (C=O) groups is 1. The zero-order valence-corrected chi connectivity index (χ0v) is 10.9. The minimum atomic E-state index is 0.0164. The molecule has 1 N–H and O–H groups in total. The van der Waals surface area contributed by atoms with E-state index in [1.54, 1.807) is 0 Å². The van der Waals surface area contributed by atoms with E-state index >= 15 is 0 Å². The Morgan fingerprint density at radius 2 is 1.94 bits per heavy atom. The van der Waals surface area contributed by atoms with Gasteiger partial charge >= 0.3 is 0 Å². The first-order valence-corrected chi connectivity index (χ1v) is 6.20. The van der Waals surface area contributed by atoms with E-state index in [0.717, 1.165) is 11.4 Å². The molecule has 0 unspecified atom stereocenters. The average molecular weight is 239 g/mol. The van der Waals surface area contributed by atoms with E-state index in [1.165, 1.54) is 11.8 Å². The molecule has 0 aliphatic rings. The summed E-state index contributed by atoms with van der Waals surface area (Å²) < 4.78 is 0. The molecule has 4 nitrogen and oxygen atoms in total. The SMILES string of the molecule is Cc1cc(C)nc(SCC(=O)NC(C)C)n1. The maximum absolute atomic E-state index is 11.4. The number of amides is 1. The summed E-state index contributed by atoms with van der Waals surface area (Å²) in [5.41, 5.74) is 1.86. The first-order valence-electron chi connectivity index (χ1n) is 5.22. The number of carbonyl (C=O) groups excluding carboxylic acids is 1. The van der Waals surface area contributed by atoms with Crippen molar-refractivity contribution in [1.82, 2.24) is 15.3 Å². The second-order valence-electron chi connectivity index (χ2n) is 3.94. The molecule has 0 aliphatic carbocycles. The van der Waals surface area contributed by atoms with Gasteiger partial charge in [-0.3, -0.25) is 4.79 Å². The molecular formula is C11H17N3OS. The highest BCUT2D eigenvalue weighted by atomic mass is 32.2. The molecule has 5 heteroatoms. The van der Waals surface area contributed by atoms with Crippen molar-refractivity contribution in [1.29, 1.82) is 0 Å². The van der Waals surface area contributed by atoms with E-state index in [2.05, 4.69) is 15.3 Å². The quantitative estimate of drug-likeness (QED) is 0.642. The molecule has 0 radical (unpaired) electrons. The molecule has 0 atom stereocenters. The van der Waals surface area contributed by atoms with Crippen LogP contribution >= 0.6 is 11.8 Å². The summed E-state index contributed by atoms with van der Waals surface area (Å²) in [5.74, 6) is 0.379. The van der Waals surface area contributed by atoms with Gasteiger partial charge in [0.25, 0.3) is 0 Å². The standard InChI is InChI=1S/C11H17N3OS/c1-7(2)12-10(15)6-16-11-13-8(3)5-9(4)14-11/h5,7H,6H2,1-4H3,(H,12,15). The summed E-state index contributed by atoms with van der Waals surface area (Å²) in [6.07, 6.45) is 0. The summed E-state index contributed by atoms with van der Waals surface area (Å²) in [5, 5.41) is 3.49. The predicted molar refractivity (Wildman–Crippen MR) is 65.5 cm³/mol. The Bertz CT molecular complexity index is 359. The number of aromatic nitrogens is 2. The molecule has 1 rings (SSSR count). The van der Waals surface area contributed by atoms with E-state index in [9.17, 15) is 4.79 Å². The van der Waals surface area contributed by atoms with Gasteiger partial charge < -0.3 is 5.32 Å². The Labute approximate surface area is 100 Å². The van der Waals surface area contributed by atoms with Gasteiger partial charge in [-0.25, -0.2) is 9.97 Å². The number of rotatable bonds is 4. The lowest BCUT2D eigenvalue weighted by molar-refractivity contribution is -0.119. The van der Waals surface area contributed by atoms with Crippen LogP contribution in [0.4, 0.5) is 0 Å². The van der Waals surface area contributed by atoms with Crippen molar-refractivity contribution in [2.24, 2.45) is 0 Å². The molecule has 1 aromatic rings. The summed E-state index contributed by atoms with van der Waals surface area (Å²) in [6, 6.07) is 2.09. The van der Waals surface area contributed by atoms with E-state index in [4.69, 9.17) is 0 Å². The predicted octanol–water partition coefficient (Wildman–Crippen LogP) is 1.71. The topological polar surface area (TPSA) is 54.9 Å². The summed E-state index contributed by atoms with van der Waals surface area (Å²) >= 11 is 1.36.